The first-order chi connectivity index (χ1) is 13.9. The minimum absolute atomic E-state index is 0.218. The molecule has 1 N–H and O–H groups in total. The van der Waals surface area contributed by atoms with E-state index in [1.165, 1.54) is 32.0 Å². The van der Waals surface area contributed by atoms with Gasteiger partial charge in [0.05, 0.1) is 5.56 Å². The van der Waals surface area contributed by atoms with Crippen LogP contribution in [0, 0.1) is 12.8 Å². The second-order valence-corrected chi connectivity index (χ2v) is 8.51. The number of rotatable bonds is 8. The normalized spacial score (nSPS) is 17.9. The number of hydrogen-bond acceptors (Lipinski definition) is 5. The Morgan fingerprint density at radius 3 is 2.90 bits per heavy atom. The molecule has 7 heteroatoms. The summed E-state index contributed by atoms with van der Waals surface area (Å²) in [7, 11) is 0. The second-order valence-electron chi connectivity index (χ2n) is 8.51. The third-order valence-corrected chi connectivity index (χ3v) is 5.77. The minimum Gasteiger partial charge on any atom is -0.442 e. The summed E-state index contributed by atoms with van der Waals surface area (Å²) in [5, 5.41) is 3.26. The van der Waals surface area contributed by atoms with Crippen LogP contribution < -0.4 is 10.9 Å². The number of amides is 1. The lowest BCUT2D eigenvalue weighted by Gasteiger charge is -2.35. The largest absolute Gasteiger partial charge is 0.442 e. The summed E-state index contributed by atoms with van der Waals surface area (Å²) < 4.78 is 7.15. The highest BCUT2D eigenvalue weighted by Crippen LogP contribution is 2.21. The van der Waals surface area contributed by atoms with Crippen molar-refractivity contribution in [2.45, 2.75) is 72.4 Å². The molecule has 3 rings (SSSR count). The highest BCUT2D eigenvalue weighted by atomic mass is 16.3. The molecule has 1 aliphatic heterocycles. The van der Waals surface area contributed by atoms with Gasteiger partial charge in [0.25, 0.3) is 11.5 Å². The van der Waals surface area contributed by atoms with Gasteiger partial charge in [0, 0.05) is 25.7 Å². The number of aryl methyl sites for hydroxylation is 1. The molecule has 0 spiro atoms. The summed E-state index contributed by atoms with van der Waals surface area (Å²) in [6.45, 7) is 11.3. The Kier molecular flexibility index (Phi) is 7.11. The van der Waals surface area contributed by atoms with Gasteiger partial charge in [-0.25, -0.2) is 4.98 Å². The van der Waals surface area contributed by atoms with Gasteiger partial charge in [-0.05, 0) is 45.1 Å². The molecule has 1 aliphatic rings. The lowest BCUT2D eigenvalue weighted by molar-refractivity contribution is 0.0947. The molecule has 1 fully saturated rings. The van der Waals surface area contributed by atoms with Gasteiger partial charge < -0.3 is 14.6 Å². The van der Waals surface area contributed by atoms with Crippen molar-refractivity contribution >= 4 is 17.0 Å². The molecule has 0 radical (unpaired) electrons. The number of aromatic nitrogens is 2. The number of fused-ring (bicyclic) bond motifs is 1. The van der Waals surface area contributed by atoms with Gasteiger partial charge in [-0.3, -0.25) is 14.2 Å². The molecule has 7 nitrogen and oxygen atoms in total. The molecule has 0 aliphatic carbocycles. The Morgan fingerprint density at radius 2 is 2.17 bits per heavy atom. The van der Waals surface area contributed by atoms with Gasteiger partial charge in [-0.2, -0.15) is 0 Å². The predicted octanol–water partition coefficient (Wildman–Crippen LogP) is 3.34. The number of nitrogens with one attached hydrogen (secondary N) is 1. The second kappa shape index (κ2) is 9.57. The van der Waals surface area contributed by atoms with Gasteiger partial charge >= 0.3 is 0 Å². The van der Waals surface area contributed by atoms with Crippen LogP contribution in [-0.2, 0) is 6.54 Å². The van der Waals surface area contributed by atoms with Crippen molar-refractivity contribution in [1.82, 2.24) is 19.8 Å². The van der Waals surface area contributed by atoms with Crippen molar-refractivity contribution in [2.24, 2.45) is 5.92 Å². The lowest BCUT2D eigenvalue weighted by atomic mass is 10.00. The molecule has 2 aromatic heterocycles. The van der Waals surface area contributed by atoms with E-state index in [0.717, 1.165) is 19.5 Å². The standard InChI is InChI=1S/C22H34N4O3/c1-5-17-9-6-7-11-25(17)12-8-10-23-20(27)18-16(4)29-21-19(18)22(28)26(14-24-21)13-15(2)3/h14-15,17H,5-13H2,1-4H3,(H,23,27)/t17-/m0/s1. The van der Waals surface area contributed by atoms with E-state index in [2.05, 4.69) is 22.1 Å². The molecule has 0 bridgehead atoms. The summed E-state index contributed by atoms with van der Waals surface area (Å²) in [4.78, 5) is 32.5. The number of furan rings is 1. The van der Waals surface area contributed by atoms with Crippen molar-refractivity contribution in [3.63, 3.8) is 0 Å². The molecule has 0 aromatic carbocycles. The van der Waals surface area contributed by atoms with Gasteiger partial charge in [-0.15, -0.1) is 0 Å². The van der Waals surface area contributed by atoms with Crippen LogP contribution in [0.25, 0.3) is 11.1 Å². The van der Waals surface area contributed by atoms with E-state index in [1.807, 2.05) is 13.8 Å². The topological polar surface area (TPSA) is 80.4 Å². The molecule has 0 unspecified atom stereocenters. The van der Waals surface area contributed by atoms with Crippen LogP contribution in [0.2, 0.25) is 0 Å². The van der Waals surface area contributed by atoms with Gasteiger partial charge in [0.2, 0.25) is 5.71 Å². The zero-order valence-electron chi connectivity index (χ0n) is 18.2. The molecular formula is C22H34N4O3. The molecule has 2 aromatic rings. The molecule has 1 amide bonds. The molecular weight excluding hydrogens is 368 g/mol. The first kappa shape index (κ1) is 21.6. The first-order valence-corrected chi connectivity index (χ1v) is 10.9. The van der Waals surface area contributed by atoms with E-state index in [4.69, 9.17) is 4.42 Å². The average Bonchev–Trinajstić information content (AvgIpc) is 3.04. The van der Waals surface area contributed by atoms with Crippen LogP contribution >= 0.6 is 0 Å². The summed E-state index contributed by atoms with van der Waals surface area (Å²) in [6.07, 6.45) is 7.44. The number of piperidine rings is 1. The number of nitrogens with zero attached hydrogens (tertiary/aromatic N) is 3. The summed E-state index contributed by atoms with van der Waals surface area (Å²) in [5.41, 5.74) is 0.335. The zero-order valence-corrected chi connectivity index (χ0v) is 18.2. The molecule has 1 saturated heterocycles. The molecule has 29 heavy (non-hydrogen) atoms. The minimum atomic E-state index is -0.256. The van der Waals surface area contributed by atoms with Crippen LogP contribution in [-0.4, -0.2) is 46.0 Å². The van der Waals surface area contributed by atoms with Gasteiger partial charge in [0.15, 0.2) is 0 Å². The fourth-order valence-corrected chi connectivity index (χ4v) is 4.32. The Bertz CT molecular complexity index is 899. The zero-order chi connectivity index (χ0) is 21.0. The maximum absolute atomic E-state index is 12.9. The van der Waals surface area contributed by atoms with Gasteiger partial charge in [0.1, 0.15) is 17.5 Å². The Hall–Kier alpha value is -2.15. The van der Waals surface area contributed by atoms with Crippen molar-refractivity contribution in [3.8, 4) is 0 Å². The van der Waals surface area contributed by atoms with Crippen molar-refractivity contribution in [2.75, 3.05) is 19.6 Å². The summed E-state index contributed by atoms with van der Waals surface area (Å²) >= 11 is 0. The first-order valence-electron chi connectivity index (χ1n) is 10.9. The van der Waals surface area contributed by atoms with E-state index >= 15 is 0 Å². The number of hydrogen-bond donors (Lipinski definition) is 1. The van der Waals surface area contributed by atoms with Crippen LogP contribution in [0.15, 0.2) is 15.5 Å². The Morgan fingerprint density at radius 1 is 1.38 bits per heavy atom. The molecule has 3 heterocycles. The van der Waals surface area contributed by atoms with E-state index in [9.17, 15) is 9.59 Å². The van der Waals surface area contributed by atoms with E-state index in [0.29, 0.717) is 36.4 Å². The maximum atomic E-state index is 12.9. The summed E-state index contributed by atoms with van der Waals surface area (Å²) in [6, 6.07) is 0.671. The Balaban J connectivity index is 1.67. The van der Waals surface area contributed by atoms with E-state index in [-0.39, 0.29) is 22.6 Å². The monoisotopic (exact) mass is 402 g/mol. The van der Waals surface area contributed by atoms with Crippen molar-refractivity contribution < 1.29 is 9.21 Å². The maximum Gasteiger partial charge on any atom is 0.265 e. The van der Waals surface area contributed by atoms with E-state index in [1.54, 1.807) is 11.5 Å². The highest BCUT2D eigenvalue weighted by Gasteiger charge is 2.23. The SMILES string of the molecule is CC[C@H]1CCCCN1CCCNC(=O)c1c(C)oc2ncn(CC(C)C)c(=O)c12. The number of carbonyl (C=O) groups is 1. The van der Waals surface area contributed by atoms with Crippen molar-refractivity contribution in [1.29, 1.82) is 0 Å². The molecule has 160 valence electrons. The third-order valence-electron chi connectivity index (χ3n) is 5.77. The average molecular weight is 403 g/mol. The lowest BCUT2D eigenvalue weighted by Crippen LogP contribution is -2.40. The van der Waals surface area contributed by atoms with Crippen LogP contribution in [0.4, 0.5) is 0 Å². The Labute approximate surface area is 172 Å². The van der Waals surface area contributed by atoms with E-state index < -0.39 is 0 Å². The fourth-order valence-electron chi connectivity index (χ4n) is 4.32. The smallest absolute Gasteiger partial charge is 0.265 e. The fraction of sp³-hybridized carbons (Fsp3) is 0.682. The highest BCUT2D eigenvalue weighted by molar-refractivity contribution is 6.06. The number of carbonyl (C=O) groups excluding carboxylic acids is 1. The van der Waals surface area contributed by atoms with Crippen LogP contribution in [0.3, 0.4) is 0 Å². The van der Waals surface area contributed by atoms with Crippen LogP contribution in [0.1, 0.15) is 69.0 Å². The predicted molar refractivity (Wildman–Crippen MR) is 114 cm³/mol. The molecule has 1 atom stereocenters. The summed E-state index contributed by atoms with van der Waals surface area (Å²) in [5.74, 6) is 0.485. The van der Waals surface area contributed by atoms with Gasteiger partial charge in [-0.1, -0.05) is 27.2 Å². The van der Waals surface area contributed by atoms with Crippen LogP contribution in [0.5, 0.6) is 0 Å². The number of likely N-dealkylation sites (tertiary alicyclic amines) is 1. The quantitative estimate of drug-likeness (QED) is 0.685. The third kappa shape index (κ3) is 4.89. The van der Waals surface area contributed by atoms with Crippen molar-refractivity contribution in [3.05, 3.63) is 28.0 Å². The molecule has 0 saturated carbocycles.